The van der Waals surface area contributed by atoms with Crippen LogP contribution in [0.4, 0.5) is 5.69 Å². The molecule has 1 heterocycles. The quantitative estimate of drug-likeness (QED) is 0.718. The smallest absolute Gasteiger partial charge is 0.244 e. The van der Waals surface area contributed by atoms with Crippen LogP contribution in [-0.2, 0) is 11.3 Å². The fraction of sp³-hybridized carbons (Fsp3) is 0.0667. The number of nitrogens with zero attached hydrogens (tertiary/aromatic N) is 1. The zero-order valence-electron chi connectivity index (χ0n) is 11.0. The van der Waals surface area contributed by atoms with Crippen LogP contribution < -0.4 is 5.32 Å². The minimum Gasteiger partial charge on any atom is -0.331 e. The summed E-state index contributed by atoms with van der Waals surface area (Å²) in [7, 11) is 0. The van der Waals surface area contributed by atoms with Crippen LogP contribution >= 0.6 is 23.8 Å². The lowest BCUT2D eigenvalue weighted by molar-refractivity contribution is -0.116. The highest BCUT2D eigenvalue weighted by Gasteiger charge is 2.09. The summed E-state index contributed by atoms with van der Waals surface area (Å²) >= 11 is 11.2. The van der Waals surface area contributed by atoms with Crippen LogP contribution in [0.2, 0.25) is 5.02 Å². The third-order valence-corrected chi connectivity index (χ3v) is 3.65. The van der Waals surface area contributed by atoms with Crippen molar-refractivity contribution in [1.82, 2.24) is 9.55 Å². The molecule has 4 nitrogen and oxygen atoms in total. The summed E-state index contributed by atoms with van der Waals surface area (Å²) in [4.78, 5) is 15.2. The predicted molar refractivity (Wildman–Crippen MR) is 87.2 cm³/mol. The standard InChI is InChI=1S/C15H12ClN3OS/c16-10-4-3-5-11(8-10)17-14(20)9-19-13-7-2-1-6-12(13)18-15(19)21/h1-8H,9H2,(H,17,20)(H,18,21). The first-order chi connectivity index (χ1) is 10.1. The molecule has 0 radical (unpaired) electrons. The van der Waals surface area contributed by atoms with Crippen LogP contribution in [-0.4, -0.2) is 15.5 Å². The lowest BCUT2D eigenvalue weighted by atomic mass is 10.3. The van der Waals surface area contributed by atoms with Crippen molar-refractivity contribution >= 4 is 46.4 Å². The average molecular weight is 318 g/mol. The molecule has 2 aromatic carbocycles. The zero-order chi connectivity index (χ0) is 14.8. The first-order valence-electron chi connectivity index (χ1n) is 6.36. The predicted octanol–water partition coefficient (Wildman–Crippen LogP) is 3.99. The van der Waals surface area contributed by atoms with Crippen molar-refractivity contribution in [3.8, 4) is 0 Å². The van der Waals surface area contributed by atoms with Gasteiger partial charge in [-0.25, -0.2) is 0 Å². The van der Waals surface area contributed by atoms with Crippen molar-refractivity contribution in [2.24, 2.45) is 0 Å². The topological polar surface area (TPSA) is 49.8 Å². The van der Waals surface area contributed by atoms with Gasteiger partial charge in [0, 0.05) is 10.7 Å². The van der Waals surface area contributed by atoms with E-state index in [4.69, 9.17) is 23.8 Å². The first kappa shape index (κ1) is 13.9. The van der Waals surface area contributed by atoms with E-state index in [0.717, 1.165) is 11.0 Å². The van der Waals surface area contributed by atoms with Gasteiger partial charge in [-0.05, 0) is 42.5 Å². The number of hydrogen-bond donors (Lipinski definition) is 2. The molecule has 3 aromatic rings. The highest BCUT2D eigenvalue weighted by Crippen LogP contribution is 2.16. The lowest BCUT2D eigenvalue weighted by Crippen LogP contribution is -2.18. The van der Waals surface area contributed by atoms with Crippen LogP contribution in [0.5, 0.6) is 0 Å². The highest BCUT2D eigenvalue weighted by molar-refractivity contribution is 7.71. The van der Waals surface area contributed by atoms with E-state index in [1.165, 1.54) is 0 Å². The van der Waals surface area contributed by atoms with Gasteiger partial charge in [0.15, 0.2) is 4.77 Å². The van der Waals surface area contributed by atoms with Crippen molar-refractivity contribution in [1.29, 1.82) is 0 Å². The zero-order valence-corrected chi connectivity index (χ0v) is 12.5. The number of carbonyl (C=O) groups excluding carboxylic acids is 1. The van der Waals surface area contributed by atoms with Gasteiger partial charge in [-0.1, -0.05) is 29.8 Å². The Kier molecular flexibility index (Phi) is 3.77. The molecule has 0 fully saturated rings. The molecule has 0 bridgehead atoms. The Labute approximate surface area is 131 Å². The average Bonchev–Trinajstić information content (AvgIpc) is 2.75. The van der Waals surface area contributed by atoms with E-state index < -0.39 is 0 Å². The maximum Gasteiger partial charge on any atom is 0.244 e. The molecular formula is C15H12ClN3OS. The van der Waals surface area contributed by atoms with Crippen LogP contribution in [0.3, 0.4) is 0 Å². The van der Waals surface area contributed by atoms with Gasteiger partial charge in [0.1, 0.15) is 6.54 Å². The number of rotatable bonds is 3. The third kappa shape index (κ3) is 2.99. The van der Waals surface area contributed by atoms with Gasteiger partial charge in [0.2, 0.25) is 5.91 Å². The van der Waals surface area contributed by atoms with Gasteiger partial charge < -0.3 is 14.9 Å². The number of aromatic amines is 1. The summed E-state index contributed by atoms with van der Waals surface area (Å²) in [6.45, 7) is 0.148. The van der Waals surface area contributed by atoms with Crippen LogP contribution in [0.25, 0.3) is 11.0 Å². The fourth-order valence-electron chi connectivity index (χ4n) is 2.17. The van der Waals surface area contributed by atoms with Crippen molar-refractivity contribution in [3.05, 3.63) is 58.3 Å². The molecule has 0 spiro atoms. The minimum atomic E-state index is -0.155. The molecule has 0 unspecified atom stereocenters. The largest absolute Gasteiger partial charge is 0.331 e. The second-order valence-corrected chi connectivity index (χ2v) is 5.42. The van der Waals surface area contributed by atoms with Gasteiger partial charge in [-0.3, -0.25) is 4.79 Å². The lowest BCUT2D eigenvalue weighted by Gasteiger charge is -2.07. The first-order valence-corrected chi connectivity index (χ1v) is 7.15. The van der Waals surface area contributed by atoms with E-state index in [-0.39, 0.29) is 12.5 Å². The maximum atomic E-state index is 12.2. The fourth-order valence-corrected chi connectivity index (χ4v) is 2.64. The van der Waals surface area contributed by atoms with Crippen LogP contribution in [0.15, 0.2) is 48.5 Å². The Hall–Kier alpha value is -2.11. The van der Waals surface area contributed by atoms with Gasteiger partial charge >= 0.3 is 0 Å². The molecule has 0 saturated carbocycles. The number of hydrogen-bond acceptors (Lipinski definition) is 2. The Balaban J connectivity index is 1.84. The van der Waals surface area contributed by atoms with Gasteiger partial charge in [0.25, 0.3) is 0 Å². The van der Waals surface area contributed by atoms with Gasteiger partial charge in [-0.15, -0.1) is 0 Å². The molecule has 0 aliphatic rings. The van der Waals surface area contributed by atoms with E-state index in [1.807, 2.05) is 24.3 Å². The SMILES string of the molecule is O=C(Cn1c(=S)[nH]c2ccccc21)Nc1cccc(Cl)c1. The minimum absolute atomic E-state index is 0.148. The molecule has 0 saturated heterocycles. The molecule has 0 atom stereocenters. The number of aromatic nitrogens is 2. The maximum absolute atomic E-state index is 12.2. The Bertz CT molecular complexity index is 868. The molecule has 0 aliphatic heterocycles. The van der Waals surface area contributed by atoms with Crippen molar-refractivity contribution in [2.75, 3.05) is 5.32 Å². The molecule has 0 aliphatic carbocycles. The Morgan fingerprint density at radius 2 is 2.05 bits per heavy atom. The van der Waals surface area contributed by atoms with E-state index in [0.29, 0.717) is 15.5 Å². The number of imidazole rings is 1. The summed E-state index contributed by atoms with van der Waals surface area (Å²) in [6.07, 6.45) is 0. The number of anilines is 1. The Morgan fingerprint density at radius 3 is 2.86 bits per heavy atom. The number of H-pyrrole nitrogens is 1. The van der Waals surface area contributed by atoms with Crippen molar-refractivity contribution in [3.63, 3.8) is 0 Å². The van der Waals surface area contributed by atoms with E-state index >= 15 is 0 Å². The summed E-state index contributed by atoms with van der Waals surface area (Å²) in [5, 5.41) is 3.39. The number of fused-ring (bicyclic) bond motifs is 1. The Morgan fingerprint density at radius 1 is 1.24 bits per heavy atom. The number of nitrogens with one attached hydrogen (secondary N) is 2. The number of halogens is 1. The van der Waals surface area contributed by atoms with Gasteiger partial charge in [0.05, 0.1) is 11.0 Å². The second kappa shape index (κ2) is 5.71. The van der Waals surface area contributed by atoms with Gasteiger partial charge in [-0.2, -0.15) is 0 Å². The molecule has 106 valence electrons. The molecule has 2 N–H and O–H groups in total. The summed E-state index contributed by atoms with van der Waals surface area (Å²) in [6, 6.07) is 14.7. The number of carbonyl (C=O) groups is 1. The molecule has 21 heavy (non-hydrogen) atoms. The van der Waals surface area contributed by atoms with E-state index in [1.54, 1.807) is 28.8 Å². The molecule has 1 aromatic heterocycles. The third-order valence-electron chi connectivity index (χ3n) is 3.09. The number of para-hydroxylation sites is 2. The molecule has 1 amide bonds. The van der Waals surface area contributed by atoms with E-state index in [9.17, 15) is 4.79 Å². The second-order valence-electron chi connectivity index (χ2n) is 4.59. The molecule has 6 heteroatoms. The van der Waals surface area contributed by atoms with Crippen LogP contribution in [0, 0.1) is 4.77 Å². The summed E-state index contributed by atoms with van der Waals surface area (Å²) in [5.74, 6) is -0.155. The van der Waals surface area contributed by atoms with Crippen molar-refractivity contribution < 1.29 is 4.79 Å². The highest BCUT2D eigenvalue weighted by atomic mass is 35.5. The molecular weight excluding hydrogens is 306 g/mol. The van der Waals surface area contributed by atoms with Crippen LogP contribution in [0.1, 0.15) is 0 Å². The number of benzene rings is 2. The van der Waals surface area contributed by atoms with E-state index in [2.05, 4.69) is 10.3 Å². The van der Waals surface area contributed by atoms with Crippen molar-refractivity contribution in [2.45, 2.75) is 6.54 Å². The summed E-state index contributed by atoms with van der Waals surface area (Å²) in [5.41, 5.74) is 2.49. The number of amides is 1. The monoisotopic (exact) mass is 317 g/mol. The molecule has 3 rings (SSSR count). The normalized spacial score (nSPS) is 10.7. The summed E-state index contributed by atoms with van der Waals surface area (Å²) < 4.78 is 2.29.